The molecule has 0 saturated carbocycles. The molecule has 0 atom stereocenters. The van der Waals surface area contributed by atoms with E-state index in [0.717, 1.165) is 13.0 Å². The molecule has 0 radical (unpaired) electrons. The van der Waals surface area contributed by atoms with Gasteiger partial charge in [0, 0.05) is 0 Å². The highest BCUT2D eigenvalue weighted by Crippen LogP contribution is 2.11. The average molecular weight is 251 g/mol. The standard InChI is InChI=1S/C16H26FN/c17-16-12-10-15(11-13-16)9-7-5-3-1-2-4-6-8-14-18/h10-13H,1-9,14,18H2. The van der Waals surface area contributed by atoms with E-state index in [2.05, 4.69) is 0 Å². The van der Waals surface area contributed by atoms with Gasteiger partial charge in [0.2, 0.25) is 0 Å². The molecule has 1 rings (SSSR count). The molecule has 0 heterocycles. The Morgan fingerprint density at radius 2 is 1.22 bits per heavy atom. The zero-order valence-electron chi connectivity index (χ0n) is 11.3. The number of benzene rings is 1. The maximum atomic E-state index is 12.7. The summed E-state index contributed by atoms with van der Waals surface area (Å²) in [4.78, 5) is 0. The van der Waals surface area contributed by atoms with Crippen LogP contribution in [0, 0.1) is 5.82 Å². The first-order valence-corrected chi connectivity index (χ1v) is 7.27. The predicted molar refractivity (Wildman–Crippen MR) is 76.1 cm³/mol. The van der Waals surface area contributed by atoms with Crippen molar-refractivity contribution in [3.8, 4) is 0 Å². The van der Waals surface area contributed by atoms with Gasteiger partial charge in [0.05, 0.1) is 0 Å². The van der Waals surface area contributed by atoms with Crippen LogP contribution in [-0.2, 0) is 6.42 Å². The van der Waals surface area contributed by atoms with Gasteiger partial charge in [-0.15, -0.1) is 0 Å². The highest BCUT2D eigenvalue weighted by atomic mass is 19.1. The lowest BCUT2D eigenvalue weighted by Gasteiger charge is -2.03. The largest absolute Gasteiger partial charge is 0.330 e. The first kappa shape index (κ1) is 15.2. The van der Waals surface area contributed by atoms with Gasteiger partial charge in [-0.1, -0.05) is 50.7 Å². The molecule has 0 aliphatic heterocycles. The first-order chi connectivity index (χ1) is 8.83. The van der Waals surface area contributed by atoms with Crippen LogP contribution in [0.15, 0.2) is 24.3 Å². The second-order valence-corrected chi connectivity index (χ2v) is 4.99. The Kier molecular flexibility index (Phi) is 8.49. The normalized spacial score (nSPS) is 10.8. The molecule has 0 bridgehead atoms. The van der Waals surface area contributed by atoms with Gasteiger partial charge in [0.25, 0.3) is 0 Å². The molecule has 102 valence electrons. The third kappa shape index (κ3) is 7.44. The molecule has 2 heteroatoms. The molecule has 0 aromatic heterocycles. The maximum Gasteiger partial charge on any atom is 0.123 e. The van der Waals surface area contributed by atoms with Crippen molar-refractivity contribution in [1.82, 2.24) is 0 Å². The Labute approximate surface area is 111 Å². The Hall–Kier alpha value is -0.890. The summed E-state index contributed by atoms with van der Waals surface area (Å²) in [7, 11) is 0. The summed E-state index contributed by atoms with van der Waals surface area (Å²) in [5.74, 6) is -0.142. The molecule has 0 unspecified atom stereocenters. The molecular weight excluding hydrogens is 225 g/mol. The molecule has 0 fully saturated rings. The van der Waals surface area contributed by atoms with E-state index in [9.17, 15) is 4.39 Å². The zero-order chi connectivity index (χ0) is 13.1. The van der Waals surface area contributed by atoms with Gasteiger partial charge in [-0.3, -0.25) is 0 Å². The third-order valence-electron chi connectivity index (χ3n) is 3.33. The fourth-order valence-corrected chi connectivity index (χ4v) is 2.19. The van der Waals surface area contributed by atoms with Crippen LogP contribution in [-0.4, -0.2) is 6.54 Å². The second kappa shape index (κ2) is 10.1. The minimum atomic E-state index is -0.142. The van der Waals surface area contributed by atoms with Crippen LogP contribution in [0.5, 0.6) is 0 Å². The molecule has 0 spiro atoms. The molecule has 2 N–H and O–H groups in total. The van der Waals surface area contributed by atoms with Gasteiger partial charge in [-0.05, 0) is 43.5 Å². The molecular formula is C16H26FN. The minimum absolute atomic E-state index is 0.142. The third-order valence-corrected chi connectivity index (χ3v) is 3.33. The minimum Gasteiger partial charge on any atom is -0.330 e. The van der Waals surface area contributed by atoms with Crippen molar-refractivity contribution in [1.29, 1.82) is 0 Å². The number of hydrogen-bond acceptors (Lipinski definition) is 1. The van der Waals surface area contributed by atoms with Crippen LogP contribution >= 0.6 is 0 Å². The van der Waals surface area contributed by atoms with Gasteiger partial charge in [0.1, 0.15) is 5.82 Å². The number of aryl methyl sites for hydroxylation is 1. The summed E-state index contributed by atoms with van der Waals surface area (Å²) in [6, 6.07) is 6.88. The van der Waals surface area contributed by atoms with Gasteiger partial charge in [0.15, 0.2) is 0 Å². The number of halogens is 1. The quantitative estimate of drug-likeness (QED) is 0.611. The Bertz CT molecular complexity index is 294. The van der Waals surface area contributed by atoms with E-state index in [1.807, 2.05) is 12.1 Å². The van der Waals surface area contributed by atoms with E-state index in [-0.39, 0.29) is 5.82 Å². The highest BCUT2D eigenvalue weighted by molar-refractivity contribution is 5.15. The van der Waals surface area contributed by atoms with Crippen LogP contribution in [0.25, 0.3) is 0 Å². The highest BCUT2D eigenvalue weighted by Gasteiger charge is 1.95. The molecule has 0 aliphatic carbocycles. The van der Waals surface area contributed by atoms with Crippen molar-refractivity contribution in [2.24, 2.45) is 5.73 Å². The van der Waals surface area contributed by atoms with Gasteiger partial charge in [-0.2, -0.15) is 0 Å². The molecule has 0 saturated heterocycles. The number of unbranched alkanes of at least 4 members (excludes halogenated alkanes) is 7. The number of nitrogens with two attached hydrogens (primary N) is 1. The van der Waals surface area contributed by atoms with E-state index in [0.29, 0.717) is 0 Å². The summed E-state index contributed by atoms with van der Waals surface area (Å²) in [6.07, 6.45) is 11.4. The van der Waals surface area contributed by atoms with E-state index < -0.39 is 0 Å². The zero-order valence-corrected chi connectivity index (χ0v) is 11.3. The molecule has 18 heavy (non-hydrogen) atoms. The average Bonchev–Trinajstić information content (AvgIpc) is 2.39. The molecule has 1 aromatic rings. The van der Waals surface area contributed by atoms with Crippen LogP contribution in [0.2, 0.25) is 0 Å². The van der Waals surface area contributed by atoms with Crippen molar-refractivity contribution in [3.05, 3.63) is 35.6 Å². The first-order valence-electron chi connectivity index (χ1n) is 7.27. The van der Waals surface area contributed by atoms with E-state index in [4.69, 9.17) is 5.73 Å². The van der Waals surface area contributed by atoms with Crippen molar-refractivity contribution >= 4 is 0 Å². The Morgan fingerprint density at radius 3 is 1.78 bits per heavy atom. The van der Waals surface area contributed by atoms with Crippen LogP contribution in [0.3, 0.4) is 0 Å². The van der Waals surface area contributed by atoms with Gasteiger partial charge < -0.3 is 5.73 Å². The Balaban J connectivity index is 1.91. The van der Waals surface area contributed by atoms with Crippen LogP contribution in [0.1, 0.15) is 56.9 Å². The van der Waals surface area contributed by atoms with E-state index >= 15 is 0 Å². The van der Waals surface area contributed by atoms with Crippen molar-refractivity contribution < 1.29 is 4.39 Å². The van der Waals surface area contributed by atoms with Crippen molar-refractivity contribution in [2.75, 3.05) is 6.54 Å². The Morgan fingerprint density at radius 1 is 0.722 bits per heavy atom. The van der Waals surface area contributed by atoms with Gasteiger partial charge >= 0.3 is 0 Å². The van der Waals surface area contributed by atoms with E-state index in [1.54, 1.807) is 12.1 Å². The lowest BCUT2D eigenvalue weighted by Crippen LogP contribution is -1.97. The summed E-state index contributed by atoms with van der Waals surface area (Å²) in [6.45, 7) is 0.831. The fourth-order valence-electron chi connectivity index (χ4n) is 2.19. The van der Waals surface area contributed by atoms with Crippen LogP contribution < -0.4 is 5.73 Å². The van der Waals surface area contributed by atoms with Crippen molar-refractivity contribution in [2.45, 2.75) is 57.8 Å². The summed E-state index contributed by atoms with van der Waals surface area (Å²) < 4.78 is 12.7. The fraction of sp³-hybridized carbons (Fsp3) is 0.625. The lowest BCUT2D eigenvalue weighted by atomic mass is 10.0. The molecule has 1 aromatic carbocycles. The topological polar surface area (TPSA) is 26.0 Å². The van der Waals surface area contributed by atoms with Gasteiger partial charge in [-0.25, -0.2) is 4.39 Å². The van der Waals surface area contributed by atoms with Crippen molar-refractivity contribution in [3.63, 3.8) is 0 Å². The SMILES string of the molecule is NCCCCCCCCCCc1ccc(F)cc1. The molecule has 0 amide bonds. The number of rotatable bonds is 10. The predicted octanol–water partition coefficient (Wildman–Crippen LogP) is 4.45. The molecule has 0 aliphatic rings. The summed E-state index contributed by atoms with van der Waals surface area (Å²) in [5, 5.41) is 0. The smallest absolute Gasteiger partial charge is 0.123 e. The number of hydrogen-bond donors (Lipinski definition) is 1. The maximum absolute atomic E-state index is 12.7. The second-order valence-electron chi connectivity index (χ2n) is 4.99. The van der Waals surface area contributed by atoms with Crippen LogP contribution in [0.4, 0.5) is 4.39 Å². The summed E-state index contributed by atoms with van der Waals surface area (Å²) >= 11 is 0. The van der Waals surface area contributed by atoms with E-state index in [1.165, 1.54) is 56.9 Å². The monoisotopic (exact) mass is 251 g/mol. The summed E-state index contributed by atoms with van der Waals surface area (Å²) in [5.41, 5.74) is 6.70. The molecule has 1 nitrogen and oxygen atoms in total. The lowest BCUT2D eigenvalue weighted by molar-refractivity contribution is 0.569.